The summed E-state index contributed by atoms with van der Waals surface area (Å²) >= 11 is 0. The Bertz CT molecular complexity index is 799. The molecule has 130 valence electrons. The van der Waals surface area contributed by atoms with Crippen LogP contribution in [0, 0.1) is 6.92 Å². The third-order valence-corrected chi connectivity index (χ3v) is 3.91. The molecular formula is C17H19BN2O5. The third kappa shape index (κ3) is 3.75. The van der Waals surface area contributed by atoms with Crippen molar-refractivity contribution in [3.8, 4) is 11.6 Å². The molecule has 8 heteroatoms. The monoisotopic (exact) mass is 342 g/mol. The van der Waals surface area contributed by atoms with E-state index >= 15 is 0 Å². The lowest BCUT2D eigenvalue weighted by molar-refractivity contribution is -0.145. The first kappa shape index (κ1) is 17.3. The second kappa shape index (κ2) is 7.12. The van der Waals surface area contributed by atoms with Crippen LogP contribution in [0.4, 0.5) is 5.69 Å². The van der Waals surface area contributed by atoms with Crippen LogP contribution in [-0.2, 0) is 14.2 Å². The molecule has 0 amide bonds. The van der Waals surface area contributed by atoms with Gasteiger partial charge in [0.25, 0.3) is 0 Å². The minimum absolute atomic E-state index is 0.0513. The van der Waals surface area contributed by atoms with Crippen LogP contribution in [0.2, 0.25) is 0 Å². The number of ether oxygens (including phenoxy) is 2. The van der Waals surface area contributed by atoms with Gasteiger partial charge in [0.05, 0.1) is 19.1 Å². The third-order valence-electron chi connectivity index (χ3n) is 3.91. The van der Waals surface area contributed by atoms with Gasteiger partial charge < -0.3 is 24.9 Å². The number of pyridine rings is 1. The van der Waals surface area contributed by atoms with Gasteiger partial charge in [0, 0.05) is 18.0 Å². The average molecular weight is 342 g/mol. The summed E-state index contributed by atoms with van der Waals surface area (Å²) < 4.78 is 16.2. The molecule has 0 bridgehead atoms. The van der Waals surface area contributed by atoms with Gasteiger partial charge in [-0.25, -0.2) is 4.98 Å². The number of carbonyl (C=O) groups is 1. The zero-order chi connectivity index (χ0) is 18.0. The summed E-state index contributed by atoms with van der Waals surface area (Å²) in [5.74, 6) is 0.501. The Hall–Kier alpha value is -2.58. The maximum atomic E-state index is 11.7. The van der Waals surface area contributed by atoms with Crippen molar-refractivity contribution in [3.05, 3.63) is 41.6 Å². The molecule has 25 heavy (non-hydrogen) atoms. The molecule has 1 aliphatic heterocycles. The molecule has 1 atom stereocenters. The van der Waals surface area contributed by atoms with Crippen LogP contribution < -0.4 is 15.9 Å². The van der Waals surface area contributed by atoms with Gasteiger partial charge in [-0.2, -0.15) is 0 Å². The molecule has 3 N–H and O–H groups in total. The number of anilines is 1. The van der Waals surface area contributed by atoms with E-state index in [0.29, 0.717) is 29.4 Å². The van der Waals surface area contributed by atoms with Crippen LogP contribution in [0.5, 0.6) is 11.6 Å². The molecule has 0 spiro atoms. The topological polar surface area (TPSA) is 104 Å². The molecule has 7 nitrogen and oxygen atoms in total. The van der Waals surface area contributed by atoms with Crippen molar-refractivity contribution in [3.63, 3.8) is 0 Å². The van der Waals surface area contributed by atoms with Crippen LogP contribution in [0.3, 0.4) is 0 Å². The van der Waals surface area contributed by atoms with E-state index in [9.17, 15) is 9.82 Å². The zero-order valence-corrected chi connectivity index (χ0v) is 14.1. The van der Waals surface area contributed by atoms with E-state index in [-0.39, 0.29) is 12.4 Å². The van der Waals surface area contributed by atoms with E-state index in [1.807, 2.05) is 13.0 Å². The van der Waals surface area contributed by atoms with Crippen molar-refractivity contribution in [1.82, 2.24) is 4.98 Å². The minimum Gasteiger partial charge on any atom is -0.466 e. The van der Waals surface area contributed by atoms with Crippen molar-refractivity contribution >= 4 is 24.2 Å². The predicted octanol–water partition coefficient (Wildman–Crippen LogP) is 1.48. The molecule has 3 rings (SSSR count). The Morgan fingerprint density at radius 3 is 2.96 bits per heavy atom. The van der Waals surface area contributed by atoms with Crippen molar-refractivity contribution < 1.29 is 23.9 Å². The highest BCUT2D eigenvalue weighted by Crippen LogP contribution is 2.33. The smallest absolute Gasteiger partial charge is 0.466 e. The first-order chi connectivity index (χ1) is 12.0. The fourth-order valence-electron chi connectivity index (χ4n) is 2.91. The van der Waals surface area contributed by atoms with Crippen LogP contribution in [0.1, 0.15) is 30.6 Å². The van der Waals surface area contributed by atoms with E-state index in [2.05, 4.69) is 4.98 Å². The lowest BCUT2D eigenvalue weighted by atomic mass is 9.77. The highest BCUT2D eigenvalue weighted by molar-refractivity contribution is 6.62. The highest BCUT2D eigenvalue weighted by Gasteiger charge is 2.38. The molecule has 1 aromatic heterocycles. The number of nitrogen functional groups attached to an aromatic ring is 1. The first-order valence-corrected chi connectivity index (χ1v) is 8.01. The quantitative estimate of drug-likeness (QED) is 0.626. The molecule has 0 saturated heterocycles. The van der Waals surface area contributed by atoms with E-state index < -0.39 is 13.2 Å². The molecule has 2 aromatic rings. The van der Waals surface area contributed by atoms with E-state index in [0.717, 1.165) is 11.1 Å². The second-order valence-electron chi connectivity index (χ2n) is 5.76. The molecule has 2 heterocycles. The molecule has 0 fully saturated rings. The molecule has 0 radical (unpaired) electrons. The van der Waals surface area contributed by atoms with E-state index in [1.165, 1.54) is 0 Å². The van der Waals surface area contributed by atoms with Gasteiger partial charge in [-0.1, -0.05) is 0 Å². The summed E-state index contributed by atoms with van der Waals surface area (Å²) in [4.78, 5) is 15.8. The largest absolute Gasteiger partial charge is 0.492 e. The van der Waals surface area contributed by atoms with E-state index in [1.54, 1.807) is 31.3 Å². The highest BCUT2D eigenvalue weighted by atomic mass is 16.5. The first-order valence-electron chi connectivity index (χ1n) is 8.01. The van der Waals surface area contributed by atoms with Crippen LogP contribution in [0.25, 0.3) is 0 Å². The number of nitrogens with zero attached hydrogens (tertiary/aromatic N) is 1. The van der Waals surface area contributed by atoms with Gasteiger partial charge in [-0.3, -0.25) is 4.79 Å². The number of hydrogen-bond acceptors (Lipinski definition) is 7. The standard InChI is InChI=1S/C17H19BN2O5/c1-3-23-16(21)9-14-17-10(2)6-12(8-13(17)18(22)25-14)24-15-7-11(19)4-5-20-15/h4-8,14,22H,3,9H2,1-2H3,(H2,19,20). The minimum atomic E-state index is -1.12. The molecule has 1 unspecified atom stereocenters. The zero-order valence-electron chi connectivity index (χ0n) is 14.1. The van der Waals surface area contributed by atoms with Gasteiger partial charge in [0.1, 0.15) is 5.75 Å². The molecule has 1 aromatic carbocycles. The Morgan fingerprint density at radius 2 is 2.24 bits per heavy atom. The molecular weight excluding hydrogens is 323 g/mol. The maximum absolute atomic E-state index is 11.7. The van der Waals surface area contributed by atoms with E-state index in [4.69, 9.17) is 19.9 Å². The molecule has 0 saturated carbocycles. The van der Waals surface area contributed by atoms with Crippen LogP contribution in [-0.4, -0.2) is 29.7 Å². The van der Waals surface area contributed by atoms with Crippen molar-refractivity contribution in [2.24, 2.45) is 0 Å². The summed E-state index contributed by atoms with van der Waals surface area (Å²) in [7, 11) is -1.12. The summed E-state index contributed by atoms with van der Waals surface area (Å²) in [5.41, 5.74) is 8.47. The lowest BCUT2D eigenvalue weighted by Gasteiger charge is -2.14. The number of benzene rings is 1. The van der Waals surface area contributed by atoms with Gasteiger partial charge >= 0.3 is 13.1 Å². The van der Waals surface area contributed by atoms with Gasteiger partial charge in [0.15, 0.2) is 0 Å². The summed E-state index contributed by atoms with van der Waals surface area (Å²) in [6, 6.07) is 6.77. The summed E-state index contributed by atoms with van der Waals surface area (Å²) in [6.07, 6.45) is 1.07. The summed E-state index contributed by atoms with van der Waals surface area (Å²) in [5, 5.41) is 10.2. The number of carbonyl (C=O) groups excluding carboxylic acids is 1. The number of rotatable bonds is 5. The number of hydrogen-bond donors (Lipinski definition) is 2. The van der Waals surface area contributed by atoms with Gasteiger partial charge in [-0.15, -0.1) is 0 Å². The van der Waals surface area contributed by atoms with Crippen molar-refractivity contribution in [2.75, 3.05) is 12.3 Å². The van der Waals surface area contributed by atoms with Crippen molar-refractivity contribution in [1.29, 1.82) is 0 Å². The Labute approximate surface area is 145 Å². The number of nitrogens with two attached hydrogens (primary N) is 1. The molecule has 1 aliphatic rings. The normalized spacial score (nSPS) is 15.8. The number of aryl methyl sites for hydroxylation is 1. The van der Waals surface area contributed by atoms with Crippen molar-refractivity contribution in [2.45, 2.75) is 26.4 Å². The SMILES string of the molecule is CCOC(=O)CC1OB(O)c2cc(Oc3cc(N)ccn3)cc(C)c21. The summed E-state index contributed by atoms with van der Waals surface area (Å²) in [6.45, 7) is 3.92. The Morgan fingerprint density at radius 1 is 1.44 bits per heavy atom. The Kier molecular flexibility index (Phi) is 4.92. The molecule has 0 aliphatic carbocycles. The number of aromatic nitrogens is 1. The van der Waals surface area contributed by atoms with Gasteiger partial charge in [-0.05, 0) is 48.6 Å². The number of esters is 1. The van der Waals surface area contributed by atoms with Crippen LogP contribution >= 0.6 is 0 Å². The fourth-order valence-corrected chi connectivity index (χ4v) is 2.91. The Balaban J connectivity index is 1.86. The van der Waals surface area contributed by atoms with Gasteiger partial charge in [0.2, 0.25) is 5.88 Å². The lowest BCUT2D eigenvalue weighted by Crippen LogP contribution is -2.28. The predicted molar refractivity (Wildman–Crippen MR) is 92.6 cm³/mol. The van der Waals surface area contributed by atoms with Crippen LogP contribution in [0.15, 0.2) is 30.5 Å². The fraction of sp³-hybridized carbons (Fsp3) is 0.294. The number of fused-ring (bicyclic) bond motifs is 1. The average Bonchev–Trinajstić information content (AvgIpc) is 2.84. The second-order valence-corrected chi connectivity index (χ2v) is 5.76. The maximum Gasteiger partial charge on any atom is 0.492 e.